The van der Waals surface area contributed by atoms with Gasteiger partial charge in [-0.3, -0.25) is 9.78 Å². The number of carbonyl (C=O) groups is 1. The number of hydrogen-bond donors (Lipinski definition) is 0. The van der Waals surface area contributed by atoms with Crippen LogP contribution in [-0.2, 0) is 4.79 Å². The van der Waals surface area contributed by atoms with Gasteiger partial charge in [0.05, 0.1) is 0 Å². The summed E-state index contributed by atoms with van der Waals surface area (Å²) in [6.07, 6.45) is 5.38. The van der Waals surface area contributed by atoms with Gasteiger partial charge in [-0.15, -0.1) is 11.6 Å². The number of carbonyl (C=O) groups excluding carboxylic acids is 1. The number of halogens is 1. The molecule has 1 aromatic heterocycles. The second kappa shape index (κ2) is 4.31. The van der Waals surface area contributed by atoms with Crippen molar-refractivity contribution in [1.29, 1.82) is 0 Å². The van der Waals surface area contributed by atoms with Gasteiger partial charge >= 0.3 is 0 Å². The Labute approximate surface area is 94.7 Å². The highest BCUT2D eigenvalue weighted by Gasteiger charge is 2.26. The summed E-state index contributed by atoms with van der Waals surface area (Å²) in [6.45, 7) is 1.52. The fraction of sp³-hybridized carbons (Fsp3) is 0.500. The Morgan fingerprint density at radius 3 is 2.87 bits per heavy atom. The number of nitrogens with zero attached hydrogens (tertiary/aromatic N) is 1. The van der Waals surface area contributed by atoms with Crippen LogP contribution in [-0.4, -0.2) is 10.8 Å². The Hall–Kier alpha value is -0.890. The summed E-state index contributed by atoms with van der Waals surface area (Å²) in [5.74, 6) is 0.507. The van der Waals surface area contributed by atoms with Gasteiger partial charge in [0.2, 0.25) is 0 Å². The van der Waals surface area contributed by atoms with Crippen LogP contribution in [0.25, 0.3) is 0 Å². The van der Waals surface area contributed by atoms with Crippen LogP contribution in [0.1, 0.15) is 48.7 Å². The molecule has 15 heavy (non-hydrogen) atoms. The fourth-order valence-electron chi connectivity index (χ4n) is 1.89. The molecule has 2 rings (SSSR count). The van der Waals surface area contributed by atoms with Crippen molar-refractivity contribution in [1.82, 2.24) is 4.98 Å². The maximum atomic E-state index is 11.3. The van der Waals surface area contributed by atoms with Crippen molar-refractivity contribution >= 4 is 17.4 Å². The second-order valence-electron chi connectivity index (χ2n) is 4.08. The van der Waals surface area contributed by atoms with Gasteiger partial charge < -0.3 is 0 Å². The zero-order chi connectivity index (χ0) is 10.8. The van der Waals surface area contributed by atoms with E-state index in [0.29, 0.717) is 5.92 Å². The maximum Gasteiger partial charge on any atom is 0.152 e. The van der Waals surface area contributed by atoms with Crippen LogP contribution in [0.3, 0.4) is 0 Å². The molecule has 1 aliphatic carbocycles. The van der Waals surface area contributed by atoms with E-state index in [1.165, 1.54) is 26.2 Å². The molecule has 1 fully saturated rings. The summed E-state index contributed by atoms with van der Waals surface area (Å²) in [6, 6.07) is 3.76. The number of aromatic nitrogens is 1. The number of hydrogen-bond acceptors (Lipinski definition) is 2. The molecule has 0 N–H and O–H groups in total. The monoisotopic (exact) mass is 223 g/mol. The molecule has 1 aliphatic rings. The van der Waals surface area contributed by atoms with E-state index >= 15 is 0 Å². The standard InChI is InChI=1S/C12H14ClNO/c1-8(15)11(13)10-6-3-7-14-12(10)9-4-2-5-9/h3,6-7,9,11H,2,4-5H2,1H3. The third-order valence-electron chi connectivity index (χ3n) is 2.99. The van der Waals surface area contributed by atoms with E-state index in [2.05, 4.69) is 4.98 Å². The summed E-state index contributed by atoms with van der Waals surface area (Å²) in [4.78, 5) is 15.6. The van der Waals surface area contributed by atoms with Gasteiger partial charge in [-0.25, -0.2) is 0 Å². The average Bonchev–Trinajstić information content (AvgIpc) is 2.15. The van der Waals surface area contributed by atoms with Gasteiger partial charge in [-0.2, -0.15) is 0 Å². The average molecular weight is 224 g/mol. The Morgan fingerprint density at radius 1 is 1.60 bits per heavy atom. The molecule has 1 saturated carbocycles. The van der Waals surface area contributed by atoms with Crippen molar-refractivity contribution in [2.45, 2.75) is 37.5 Å². The predicted molar refractivity (Wildman–Crippen MR) is 60.1 cm³/mol. The van der Waals surface area contributed by atoms with Crippen LogP contribution in [0.15, 0.2) is 18.3 Å². The van der Waals surface area contributed by atoms with Gasteiger partial charge in [0.1, 0.15) is 5.38 Å². The Morgan fingerprint density at radius 2 is 2.33 bits per heavy atom. The first-order chi connectivity index (χ1) is 7.20. The van der Waals surface area contributed by atoms with Crippen LogP contribution < -0.4 is 0 Å². The normalized spacial score (nSPS) is 18.3. The van der Waals surface area contributed by atoms with Crippen LogP contribution in [0, 0.1) is 0 Å². The first-order valence-corrected chi connectivity index (χ1v) is 5.73. The van der Waals surface area contributed by atoms with E-state index in [1.807, 2.05) is 12.1 Å². The number of Topliss-reactive ketones (excluding diaryl/α,β-unsaturated/α-hetero) is 1. The zero-order valence-electron chi connectivity index (χ0n) is 8.74. The largest absolute Gasteiger partial charge is 0.298 e. The molecule has 2 nitrogen and oxygen atoms in total. The topological polar surface area (TPSA) is 30.0 Å². The molecule has 0 aliphatic heterocycles. The lowest BCUT2D eigenvalue weighted by molar-refractivity contribution is -0.116. The summed E-state index contributed by atoms with van der Waals surface area (Å²) >= 11 is 6.08. The molecule has 1 unspecified atom stereocenters. The highest BCUT2D eigenvalue weighted by molar-refractivity contribution is 6.30. The molecular formula is C12H14ClNO. The third-order valence-corrected chi connectivity index (χ3v) is 3.54. The van der Waals surface area contributed by atoms with Gasteiger partial charge in [0.15, 0.2) is 5.78 Å². The number of pyridine rings is 1. The highest BCUT2D eigenvalue weighted by Crippen LogP contribution is 2.39. The summed E-state index contributed by atoms with van der Waals surface area (Å²) in [7, 11) is 0. The number of rotatable bonds is 3. The van der Waals surface area contributed by atoms with Gasteiger partial charge in [0.25, 0.3) is 0 Å². The summed E-state index contributed by atoms with van der Waals surface area (Å²) in [5.41, 5.74) is 1.93. The van der Waals surface area contributed by atoms with Crippen molar-refractivity contribution in [3.63, 3.8) is 0 Å². The molecule has 0 aromatic carbocycles. The van der Waals surface area contributed by atoms with Crippen molar-refractivity contribution in [2.24, 2.45) is 0 Å². The smallest absolute Gasteiger partial charge is 0.152 e. The van der Waals surface area contributed by atoms with Crippen LogP contribution in [0.2, 0.25) is 0 Å². The Bertz CT molecular complexity index is 374. The minimum Gasteiger partial charge on any atom is -0.298 e. The second-order valence-corrected chi connectivity index (χ2v) is 4.52. The minimum atomic E-state index is -0.533. The van der Waals surface area contributed by atoms with Gasteiger partial charge in [-0.1, -0.05) is 12.5 Å². The van der Waals surface area contributed by atoms with Crippen molar-refractivity contribution in [2.75, 3.05) is 0 Å². The van der Waals surface area contributed by atoms with E-state index in [9.17, 15) is 4.79 Å². The van der Waals surface area contributed by atoms with E-state index in [0.717, 1.165) is 11.3 Å². The molecule has 3 heteroatoms. The maximum absolute atomic E-state index is 11.3. The lowest BCUT2D eigenvalue weighted by Crippen LogP contribution is -2.15. The van der Waals surface area contributed by atoms with E-state index in [-0.39, 0.29) is 5.78 Å². The molecule has 0 amide bonds. The first-order valence-electron chi connectivity index (χ1n) is 5.29. The van der Waals surface area contributed by atoms with E-state index in [1.54, 1.807) is 6.20 Å². The van der Waals surface area contributed by atoms with Crippen molar-refractivity contribution in [3.05, 3.63) is 29.6 Å². The van der Waals surface area contributed by atoms with Crippen molar-refractivity contribution < 1.29 is 4.79 Å². The van der Waals surface area contributed by atoms with Gasteiger partial charge in [-0.05, 0) is 31.4 Å². The third kappa shape index (κ3) is 2.05. The lowest BCUT2D eigenvalue weighted by Gasteiger charge is -2.27. The first kappa shape index (κ1) is 10.6. The molecule has 1 aromatic rings. The summed E-state index contributed by atoms with van der Waals surface area (Å²) in [5, 5.41) is -0.533. The summed E-state index contributed by atoms with van der Waals surface area (Å²) < 4.78 is 0. The molecule has 80 valence electrons. The SMILES string of the molecule is CC(=O)C(Cl)c1cccnc1C1CCC1. The number of alkyl halides is 1. The van der Waals surface area contributed by atoms with Crippen molar-refractivity contribution in [3.8, 4) is 0 Å². The van der Waals surface area contributed by atoms with Gasteiger partial charge in [0, 0.05) is 17.8 Å². The molecule has 1 heterocycles. The van der Waals surface area contributed by atoms with Crippen LogP contribution >= 0.6 is 11.6 Å². The lowest BCUT2D eigenvalue weighted by atomic mass is 9.80. The predicted octanol–water partition coefficient (Wildman–Crippen LogP) is 3.22. The molecule has 0 radical (unpaired) electrons. The zero-order valence-corrected chi connectivity index (χ0v) is 9.50. The van der Waals surface area contributed by atoms with E-state index < -0.39 is 5.38 Å². The minimum absolute atomic E-state index is 0.00904. The molecule has 0 bridgehead atoms. The van der Waals surface area contributed by atoms with Crippen LogP contribution in [0.4, 0.5) is 0 Å². The quantitative estimate of drug-likeness (QED) is 0.737. The highest BCUT2D eigenvalue weighted by atomic mass is 35.5. The molecular weight excluding hydrogens is 210 g/mol. The Kier molecular flexibility index (Phi) is 3.06. The Balaban J connectivity index is 2.32. The number of ketones is 1. The fourth-order valence-corrected chi connectivity index (χ4v) is 2.07. The van der Waals surface area contributed by atoms with Crippen LogP contribution in [0.5, 0.6) is 0 Å². The molecule has 0 saturated heterocycles. The van der Waals surface area contributed by atoms with E-state index in [4.69, 9.17) is 11.6 Å². The molecule has 1 atom stereocenters. The molecule has 0 spiro atoms.